The Hall–Kier alpha value is -4.12. The zero-order valence-corrected chi connectivity index (χ0v) is 22.0. The van der Waals surface area contributed by atoms with Crippen molar-refractivity contribution in [3.63, 3.8) is 0 Å². The zero-order valence-electron chi connectivity index (χ0n) is 22.0. The predicted molar refractivity (Wildman–Crippen MR) is 147 cm³/mol. The van der Waals surface area contributed by atoms with Gasteiger partial charge in [-0.2, -0.15) is 0 Å². The minimum absolute atomic E-state index is 0.116. The molecule has 0 N–H and O–H groups in total. The van der Waals surface area contributed by atoms with E-state index in [-0.39, 0.29) is 5.41 Å². The molecule has 4 aromatic rings. The topological polar surface area (TPSA) is 40.6 Å². The van der Waals surface area contributed by atoms with E-state index in [0.29, 0.717) is 41.0 Å². The fraction of sp³-hybridized carbons (Fsp3) is 0.219. The largest absolute Gasteiger partial charge is 0.493 e. The van der Waals surface area contributed by atoms with Gasteiger partial charge in [0.05, 0.1) is 18.5 Å². The standard InChI is InChI=1S/C32H32FNO3/c1-7-25-18-26(36-20-22-11-9-8-10-12-22)19-27(34-25)31-21(2)15-23(32(3,4)5)16-30(31)37-28-14-13-24(33)17-29(28)35-6/h7-19H,1,20H2,2-6H3. The number of halogens is 1. The molecule has 0 aliphatic heterocycles. The van der Waals surface area contributed by atoms with E-state index in [1.807, 2.05) is 55.5 Å². The molecule has 0 amide bonds. The maximum absolute atomic E-state index is 13.9. The molecule has 0 saturated heterocycles. The van der Waals surface area contributed by atoms with Crippen LogP contribution in [0.1, 0.15) is 43.2 Å². The summed E-state index contributed by atoms with van der Waals surface area (Å²) in [5.74, 6) is 1.59. The molecule has 4 rings (SSSR count). The zero-order chi connectivity index (χ0) is 26.6. The molecule has 0 aliphatic carbocycles. The van der Waals surface area contributed by atoms with Crippen molar-refractivity contribution in [2.45, 2.75) is 39.7 Å². The Morgan fingerprint density at radius 2 is 1.68 bits per heavy atom. The first-order chi connectivity index (χ1) is 17.7. The van der Waals surface area contributed by atoms with Gasteiger partial charge >= 0.3 is 0 Å². The molecule has 0 saturated carbocycles. The van der Waals surface area contributed by atoms with E-state index in [1.54, 1.807) is 12.1 Å². The summed E-state index contributed by atoms with van der Waals surface area (Å²) < 4.78 is 31.8. The lowest BCUT2D eigenvalue weighted by atomic mass is 9.84. The second-order valence-corrected chi connectivity index (χ2v) is 9.90. The van der Waals surface area contributed by atoms with Crippen LogP contribution in [-0.2, 0) is 12.0 Å². The van der Waals surface area contributed by atoms with E-state index in [1.165, 1.54) is 19.2 Å². The minimum atomic E-state index is -0.399. The highest BCUT2D eigenvalue weighted by Crippen LogP contribution is 2.42. The number of pyridine rings is 1. The maximum atomic E-state index is 13.9. The van der Waals surface area contributed by atoms with Crippen LogP contribution < -0.4 is 14.2 Å². The van der Waals surface area contributed by atoms with Gasteiger partial charge in [-0.15, -0.1) is 0 Å². The lowest BCUT2D eigenvalue weighted by Gasteiger charge is -2.24. The van der Waals surface area contributed by atoms with Crippen molar-refractivity contribution in [2.75, 3.05) is 7.11 Å². The van der Waals surface area contributed by atoms with Gasteiger partial charge in [0.25, 0.3) is 0 Å². The molecule has 37 heavy (non-hydrogen) atoms. The molecule has 1 aromatic heterocycles. The quantitative estimate of drug-likeness (QED) is 0.245. The molecule has 1 heterocycles. The smallest absolute Gasteiger partial charge is 0.169 e. The molecule has 0 unspecified atom stereocenters. The monoisotopic (exact) mass is 497 g/mol. The molecule has 0 spiro atoms. The molecular weight excluding hydrogens is 465 g/mol. The maximum Gasteiger partial charge on any atom is 0.169 e. The highest BCUT2D eigenvalue weighted by atomic mass is 19.1. The summed E-state index contributed by atoms with van der Waals surface area (Å²) in [4.78, 5) is 4.82. The average Bonchev–Trinajstić information content (AvgIpc) is 2.88. The van der Waals surface area contributed by atoms with Crippen molar-refractivity contribution in [1.29, 1.82) is 0 Å². The first-order valence-corrected chi connectivity index (χ1v) is 12.2. The minimum Gasteiger partial charge on any atom is -0.493 e. The Morgan fingerprint density at radius 3 is 2.35 bits per heavy atom. The van der Waals surface area contributed by atoms with Gasteiger partial charge in [0.2, 0.25) is 0 Å². The Balaban J connectivity index is 1.83. The Bertz CT molecular complexity index is 1410. The number of rotatable bonds is 8. The van der Waals surface area contributed by atoms with Crippen LogP contribution >= 0.6 is 0 Å². The highest BCUT2D eigenvalue weighted by Gasteiger charge is 2.22. The van der Waals surface area contributed by atoms with Gasteiger partial charge in [0.15, 0.2) is 11.5 Å². The first-order valence-electron chi connectivity index (χ1n) is 12.2. The lowest BCUT2D eigenvalue weighted by Crippen LogP contribution is -2.12. The van der Waals surface area contributed by atoms with Crippen LogP contribution in [0.2, 0.25) is 0 Å². The van der Waals surface area contributed by atoms with Crippen LogP contribution in [-0.4, -0.2) is 12.1 Å². The van der Waals surface area contributed by atoms with Gasteiger partial charge in [-0.05, 0) is 53.3 Å². The van der Waals surface area contributed by atoms with Gasteiger partial charge in [0, 0.05) is 23.8 Å². The van der Waals surface area contributed by atoms with Gasteiger partial charge in [-0.1, -0.05) is 63.7 Å². The second kappa shape index (κ2) is 10.9. The van der Waals surface area contributed by atoms with E-state index in [2.05, 4.69) is 33.4 Å². The number of aromatic nitrogens is 1. The summed E-state index contributed by atoms with van der Waals surface area (Å²) in [7, 11) is 1.49. The average molecular weight is 498 g/mol. The molecule has 0 fully saturated rings. The van der Waals surface area contributed by atoms with Gasteiger partial charge in [0.1, 0.15) is 23.9 Å². The molecule has 190 valence electrons. The molecule has 0 aliphatic rings. The summed E-state index contributed by atoms with van der Waals surface area (Å²) >= 11 is 0. The summed E-state index contributed by atoms with van der Waals surface area (Å²) in [5.41, 5.74) is 5.23. The van der Waals surface area contributed by atoms with Crippen LogP contribution in [0.15, 0.2) is 79.4 Å². The third-order valence-electron chi connectivity index (χ3n) is 6.04. The molecule has 0 bridgehead atoms. The van der Waals surface area contributed by atoms with Crippen molar-refractivity contribution in [3.05, 3.63) is 108 Å². The number of methoxy groups -OCH3 is 1. The van der Waals surface area contributed by atoms with Gasteiger partial charge in [-0.25, -0.2) is 9.37 Å². The highest BCUT2D eigenvalue weighted by molar-refractivity contribution is 5.74. The van der Waals surface area contributed by atoms with Crippen molar-refractivity contribution >= 4 is 6.08 Å². The number of hydrogen-bond donors (Lipinski definition) is 0. The molecular formula is C32H32FNO3. The van der Waals surface area contributed by atoms with Crippen LogP contribution in [0, 0.1) is 12.7 Å². The lowest BCUT2D eigenvalue weighted by molar-refractivity contribution is 0.306. The second-order valence-electron chi connectivity index (χ2n) is 9.90. The number of benzene rings is 3. The van der Waals surface area contributed by atoms with E-state index in [0.717, 1.165) is 22.3 Å². The summed E-state index contributed by atoms with van der Waals surface area (Å²) in [5, 5.41) is 0. The SMILES string of the molecule is C=Cc1cc(OCc2ccccc2)cc(-c2c(C)cc(C(C)(C)C)cc2Oc2ccc(F)cc2OC)n1. The molecule has 3 aromatic carbocycles. The first kappa shape index (κ1) is 26.0. The molecule has 5 heteroatoms. The van der Waals surface area contributed by atoms with Crippen molar-refractivity contribution < 1.29 is 18.6 Å². The number of hydrogen-bond acceptors (Lipinski definition) is 4. The number of ether oxygens (including phenoxy) is 3. The third kappa shape index (κ3) is 6.18. The summed E-state index contributed by atoms with van der Waals surface area (Å²) in [6.45, 7) is 12.8. The van der Waals surface area contributed by atoms with E-state index in [4.69, 9.17) is 19.2 Å². The van der Waals surface area contributed by atoms with Crippen LogP contribution in [0.3, 0.4) is 0 Å². The van der Waals surface area contributed by atoms with Crippen molar-refractivity contribution in [1.82, 2.24) is 4.98 Å². The summed E-state index contributed by atoms with van der Waals surface area (Å²) in [6.07, 6.45) is 1.70. The van der Waals surface area contributed by atoms with Crippen molar-refractivity contribution in [3.8, 4) is 34.3 Å². The molecule has 4 nitrogen and oxygen atoms in total. The number of aryl methyl sites for hydroxylation is 1. The Kier molecular flexibility index (Phi) is 7.63. The van der Waals surface area contributed by atoms with Crippen LogP contribution in [0.5, 0.6) is 23.0 Å². The van der Waals surface area contributed by atoms with E-state index in [9.17, 15) is 4.39 Å². The fourth-order valence-corrected chi connectivity index (χ4v) is 4.02. The Morgan fingerprint density at radius 1 is 0.919 bits per heavy atom. The van der Waals surface area contributed by atoms with Crippen LogP contribution in [0.4, 0.5) is 4.39 Å². The van der Waals surface area contributed by atoms with Gasteiger partial charge in [-0.3, -0.25) is 0 Å². The van der Waals surface area contributed by atoms with Crippen LogP contribution in [0.25, 0.3) is 17.3 Å². The summed E-state index contributed by atoms with van der Waals surface area (Å²) in [6, 6.07) is 22.1. The van der Waals surface area contributed by atoms with Gasteiger partial charge < -0.3 is 14.2 Å². The Labute approximate surface area is 218 Å². The fourth-order valence-electron chi connectivity index (χ4n) is 4.02. The molecule has 0 radical (unpaired) electrons. The van der Waals surface area contributed by atoms with E-state index >= 15 is 0 Å². The number of nitrogens with zero attached hydrogens (tertiary/aromatic N) is 1. The van der Waals surface area contributed by atoms with Crippen molar-refractivity contribution in [2.24, 2.45) is 0 Å². The normalized spacial score (nSPS) is 11.2. The van der Waals surface area contributed by atoms with E-state index < -0.39 is 5.82 Å². The third-order valence-corrected chi connectivity index (χ3v) is 6.04. The predicted octanol–water partition coefficient (Wildman–Crippen LogP) is 8.52. The molecule has 0 atom stereocenters.